The molecule has 8 nitrogen and oxygen atoms in total. The molecule has 11 heteroatoms. The van der Waals surface area contributed by atoms with E-state index in [1.807, 2.05) is 25.1 Å². The molecule has 214 valence electrons. The maximum atomic E-state index is 12.9. The van der Waals surface area contributed by atoms with Crippen LogP contribution in [-0.4, -0.2) is 35.2 Å². The van der Waals surface area contributed by atoms with Gasteiger partial charge in [-0.05, 0) is 78.4 Å². The van der Waals surface area contributed by atoms with Gasteiger partial charge >= 0.3 is 5.97 Å². The van der Waals surface area contributed by atoms with E-state index in [0.29, 0.717) is 34.1 Å². The minimum absolute atomic E-state index is 0.00189. The van der Waals surface area contributed by atoms with Gasteiger partial charge in [0.2, 0.25) is 0 Å². The summed E-state index contributed by atoms with van der Waals surface area (Å²) in [5.41, 5.74) is 1.87. The quantitative estimate of drug-likeness (QED) is 0.179. The number of aliphatic imine (C=N–C) groups is 1. The van der Waals surface area contributed by atoms with Crippen LogP contribution < -0.4 is 9.47 Å². The number of hydrogen-bond donors (Lipinski definition) is 1. The summed E-state index contributed by atoms with van der Waals surface area (Å²) in [5, 5.41) is 20.7. The van der Waals surface area contributed by atoms with Crippen LogP contribution in [0, 0.1) is 14.9 Å². The van der Waals surface area contributed by atoms with Crippen molar-refractivity contribution in [1.82, 2.24) is 0 Å². The smallest absolute Gasteiger partial charge is 0.344 e. The highest BCUT2D eigenvalue weighted by Crippen LogP contribution is 2.41. The van der Waals surface area contributed by atoms with Gasteiger partial charge in [-0.1, -0.05) is 53.7 Å². The van der Waals surface area contributed by atoms with E-state index in [4.69, 9.17) is 25.8 Å². The number of nitriles is 1. The summed E-state index contributed by atoms with van der Waals surface area (Å²) in [5.74, 6) is -0.851. The van der Waals surface area contributed by atoms with Gasteiger partial charge in [0.1, 0.15) is 23.0 Å². The van der Waals surface area contributed by atoms with Gasteiger partial charge in [-0.2, -0.15) is 5.26 Å². The van der Waals surface area contributed by atoms with Crippen LogP contribution in [0.4, 0.5) is 0 Å². The zero-order valence-electron chi connectivity index (χ0n) is 22.5. The molecule has 0 aliphatic carbocycles. The highest BCUT2D eigenvalue weighted by atomic mass is 127. The van der Waals surface area contributed by atoms with Crippen LogP contribution in [0.25, 0.3) is 6.08 Å². The van der Waals surface area contributed by atoms with Crippen molar-refractivity contribution in [2.75, 3.05) is 13.2 Å². The second-order valence-electron chi connectivity index (χ2n) is 8.58. The number of benzene rings is 3. The molecule has 1 heterocycles. The number of aliphatic hydroxyl groups excluding tert-OH is 1. The largest absolute Gasteiger partial charge is 0.506 e. The topological polar surface area (TPSA) is 118 Å². The predicted octanol–water partition coefficient (Wildman–Crippen LogP) is 7.50. The summed E-state index contributed by atoms with van der Waals surface area (Å²) < 4.78 is 17.8. The van der Waals surface area contributed by atoms with Gasteiger partial charge in [0.25, 0.3) is 5.91 Å². The van der Waals surface area contributed by atoms with E-state index in [0.717, 1.165) is 20.9 Å². The lowest BCUT2D eigenvalue weighted by molar-refractivity contribution is -0.138. The Bertz CT molecular complexity index is 1680. The van der Waals surface area contributed by atoms with E-state index >= 15 is 0 Å². The van der Waals surface area contributed by atoms with Crippen molar-refractivity contribution < 1.29 is 28.9 Å². The van der Waals surface area contributed by atoms with Crippen molar-refractivity contribution >= 4 is 68.9 Å². The van der Waals surface area contributed by atoms with Gasteiger partial charge in [0.05, 0.1) is 43.9 Å². The van der Waals surface area contributed by atoms with Crippen molar-refractivity contribution in [1.29, 1.82) is 5.26 Å². The Hall–Kier alpha value is -3.79. The second-order valence-corrected chi connectivity index (χ2v) is 11.2. The first kappa shape index (κ1) is 31.2. The average Bonchev–Trinajstić information content (AvgIpc) is 3.27. The van der Waals surface area contributed by atoms with Crippen molar-refractivity contribution in [2.45, 2.75) is 20.5 Å². The molecular formula is C31H24ClIN2O6S. The fourth-order valence-electron chi connectivity index (χ4n) is 3.91. The Balaban J connectivity index is 1.69. The first-order valence-corrected chi connectivity index (χ1v) is 15.0. The maximum absolute atomic E-state index is 12.9. The number of thioether (sulfide) groups is 1. The van der Waals surface area contributed by atoms with Crippen LogP contribution in [0.2, 0.25) is 5.02 Å². The third-order valence-corrected chi connectivity index (χ3v) is 7.97. The Morgan fingerprint density at radius 2 is 1.83 bits per heavy atom. The number of carbonyl (C=O) groups is 2. The number of rotatable bonds is 9. The second kappa shape index (κ2) is 14.4. The summed E-state index contributed by atoms with van der Waals surface area (Å²) in [4.78, 5) is 30.1. The van der Waals surface area contributed by atoms with Crippen LogP contribution >= 0.6 is 46.0 Å². The molecule has 0 bridgehead atoms. The molecule has 3 aromatic rings. The summed E-state index contributed by atoms with van der Waals surface area (Å²) in [7, 11) is 0. The van der Waals surface area contributed by atoms with E-state index < -0.39 is 11.9 Å². The normalized spacial score (nSPS) is 14.6. The summed E-state index contributed by atoms with van der Waals surface area (Å²) in [6, 6.07) is 19.3. The number of amides is 1. The summed E-state index contributed by atoms with van der Waals surface area (Å²) in [6.45, 7) is 4.09. The standard InChI is InChI=1S/C31H24ClIN2O6S/c1-3-39-24-14-18(13-23(33)28(24)41-17-20-10-6-5-9-19(20)16-34)15-25-27(36)26(31(38)40-4-2)30(42-25)35-29(37)21-11-7-8-12-22(21)32/h5-15,36H,3-4,17H2,1-2H3/b25-15-,35-30?. The monoisotopic (exact) mass is 714 g/mol. The number of nitrogens with zero attached hydrogens (tertiary/aromatic N) is 2. The number of ether oxygens (including phenoxy) is 3. The zero-order valence-corrected chi connectivity index (χ0v) is 26.2. The Morgan fingerprint density at radius 1 is 1.10 bits per heavy atom. The van der Waals surface area contributed by atoms with E-state index in [2.05, 4.69) is 33.7 Å². The first-order chi connectivity index (χ1) is 20.3. The Labute approximate surface area is 265 Å². The highest BCUT2D eigenvalue weighted by Gasteiger charge is 2.34. The molecule has 0 saturated heterocycles. The van der Waals surface area contributed by atoms with E-state index in [1.165, 1.54) is 6.07 Å². The van der Waals surface area contributed by atoms with Crippen molar-refractivity contribution in [3.63, 3.8) is 0 Å². The van der Waals surface area contributed by atoms with Crippen molar-refractivity contribution in [3.05, 3.63) is 108 Å². The number of esters is 1. The fourth-order valence-corrected chi connectivity index (χ4v) is 5.92. The Kier molecular flexibility index (Phi) is 10.7. The molecule has 0 radical (unpaired) electrons. The van der Waals surface area contributed by atoms with Crippen molar-refractivity contribution in [2.24, 2.45) is 4.99 Å². The molecule has 1 aliphatic heterocycles. The minimum Gasteiger partial charge on any atom is -0.506 e. The van der Waals surface area contributed by atoms with Gasteiger partial charge in [-0.25, -0.2) is 9.79 Å². The lowest BCUT2D eigenvalue weighted by atomic mass is 10.1. The van der Waals surface area contributed by atoms with Crippen LogP contribution in [-0.2, 0) is 16.1 Å². The number of halogens is 2. The van der Waals surface area contributed by atoms with Gasteiger partial charge in [-0.15, -0.1) is 0 Å². The molecule has 4 rings (SSSR count). The number of aliphatic hydroxyl groups is 1. The number of hydrogen-bond acceptors (Lipinski definition) is 8. The lowest BCUT2D eigenvalue weighted by Crippen LogP contribution is -2.14. The summed E-state index contributed by atoms with van der Waals surface area (Å²) in [6.07, 6.45) is 1.65. The maximum Gasteiger partial charge on any atom is 0.344 e. The minimum atomic E-state index is -0.803. The first-order valence-electron chi connectivity index (χ1n) is 12.7. The van der Waals surface area contributed by atoms with Crippen molar-refractivity contribution in [3.8, 4) is 17.6 Å². The van der Waals surface area contributed by atoms with E-state index in [9.17, 15) is 20.0 Å². The molecule has 42 heavy (non-hydrogen) atoms. The number of carbonyl (C=O) groups excluding carboxylic acids is 2. The molecule has 0 fully saturated rings. The van der Waals surface area contributed by atoms with Gasteiger partial charge in [-0.3, -0.25) is 4.79 Å². The lowest BCUT2D eigenvalue weighted by Gasteiger charge is -2.15. The molecule has 0 aromatic heterocycles. The van der Waals surface area contributed by atoms with Crippen LogP contribution in [0.15, 0.2) is 81.9 Å². The average molecular weight is 715 g/mol. The molecule has 0 saturated carbocycles. The SMILES string of the molecule is CCOC(=O)C1=C(O)/C(=C/c2cc(I)c(OCc3ccccc3C#N)c(OCC)c2)SC1=NC(=O)c1ccccc1Cl. The van der Waals surface area contributed by atoms with Gasteiger partial charge in [0, 0.05) is 5.56 Å². The highest BCUT2D eigenvalue weighted by molar-refractivity contribution is 14.1. The molecule has 0 atom stereocenters. The summed E-state index contributed by atoms with van der Waals surface area (Å²) >= 11 is 9.25. The predicted molar refractivity (Wildman–Crippen MR) is 171 cm³/mol. The van der Waals surface area contributed by atoms with Crippen LogP contribution in [0.3, 0.4) is 0 Å². The molecule has 0 spiro atoms. The molecule has 1 aliphatic rings. The molecular weight excluding hydrogens is 691 g/mol. The fraction of sp³-hybridized carbons (Fsp3) is 0.161. The Morgan fingerprint density at radius 3 is 2.55 bits per heavy atom. The molecule has 1 N–H and O–H groups in total. The van der Waals surface area contributed by atoms with Crippen LogP contribution in [0.5, 0.6) is 11.5 Å². The van der Waals surface area contributed by atoms with E-state index in [1.54, 1.807) is 49.4 Å². The zero-order chi connectivity index (χ0) is 30.2. The third-order valence-electron chi connectivity index (χ3n) is 5.82. The van der Waals surface area contributed by atoms with E-state index in [-0.39, 0.29) is 40.2 Å². The van der Waals surface area contributed by atoms with Crippen LogP contribution in [0.1, 0.15) is 40.9 Å². The molecule has 0 unspecified atom stereocenters. The molecule has 3 aromatic carbocycles. The van der Waals surface area contributed by atoms with Gasteiger partial charge < -0.3 is 19.3 Å². The molecule has 1 amide bonds. The third kappa shape index (κ3) is 7.15. The van der Waals surface area contributed by atoms with Gasteiger partial charge in [0.15, 0.2) is 11.5 Å².